The fourth-order valence-electron chi connectivity index (χ4n) is 3.18. The van der Waals surface area contributed by atoms with Crippen LogP contribution >= 0.6 is 0 Å². The monoisotopic (exact) mass is 286 g/mol. The highest BCUT2D eigenvalue weighted by atomic mass is 16.5. The molecule has 0 atom stereocenters. The summed E-state index contributed by atoms with van der Waals surface area (Å²) in [6, 6.07) is 10.4. The van der Waals surface area contributed by atoms with Gasteiger partial charge in [-0.25, -0.2) is 4.79 Å². The van der Waals surface area contributed by atoms with E-state index in [1.165, 1.54) is 11.3 Å². The Labute approximate surface area is 126 Å². The minimum absolute atomic E-state index is 0.142. The van der Waals surface area contributed by atoms with Crippen LogP contribution in [0.15, 0.2) is 41.6 Å². The topological polar surface area (TPSA) is 32.8 Å². The second kappa shape index (κ2) is 6.31. The lowest BCUT2D eigenvalue weighted by molar-refractivity contribution is -0.139. The van der Waals surface area contributed by atoms with Gasteiger partial charge in [0.15, 0.2) is 0 Å². The Hall–Kier alpha value is -1.81. The molecule has 0 unspecified atom stereocenters. The summed E-state index contributed by atoms with van der Waals surface area (Å²) in [6.45, 7) is 5.82. The van der Waals surface area contributed by atoms with Crippen LogP contribution in [0.5, 0.6) is 0 Å². The van der Waals surface area contributed by atoms with E-state index in [4.69, 9.17) is 4.74 Å². The number of hydrogen-bond acceptors (Lipinski definition) is 4. The lowest BCUT2D eigenvalue weighted by atomic mass is 10.1. The van der Waals surface area contributed by atoms with Crippen molar-refractivity contribution in [2.45, 2.75) is 26.3 Å². The van der Waals surface area contributed by atoms with E-state index in [0.717, 1.165) is 38.2 Å². The van der Waals surface area contributed by atoms with Gasteiger partial charge in [0, 0.05) is 25.3 Å². The van der Waals surface area contributed by atoms with Crippen molar-refractivity contribution >= 4 is 5.97 Å². The number of ether oxygens (including phenoxy) is 1. The molecular weight excluding hydrogens is 264 g/mol. The van der Waals surface area contributed by atoms with E-state index < -0.39 is 0 Å². The standard InChI is InChI=1S/C17H22N2O2/c1-2-21-17(20)15-12-18(11-14-7-4-3-5-8-14)13-19-10-6-9-16(15)19/h3-5,7-8H,2,6,9-13H2,1H3. The highest BCUT2D eigenvalue weighted by Crippen LogP contribution is 2.30. The Morgan fingerprint density at radius 1 is 1.29 bits per heavy atom. The van der Waals surface area contributed by atoms with Crippen molar-refractivity contribution in [2.75, 3.05) is 26.4 Å². The second-order valence-electron chi connectivity index (χ2n) is 5.63. The predicted molar refractivity (Wildman–Crippen MR) is 81.3 cm³/mol. The van der Waals surface area contributed by atoms with E-state index in [1.54, 1.807) is 0 Å². The summed E-state index contributed by atoms with van der Waals surface area (Å²) >= 11 is 0. The number of nitrogens with zero attached hydrogens (tertiary/aromatic N) is 2. The molecule has 0 aliphatic carbocycles. The zero-order valence-corrected chi connectivity index (χ0v) is 12.5. The summed E-state index contributed by atoms with van der Waals surface area (Å²) in [5, 5.41) is 0. The Balaban J connectivity index is 1.77. The molecule has 21 heavy (non-hydrogen) atoms. The van der Waals surface area contributed by atoms with Crippen LogP contribution in [0.1, 0.15) is 25.3 Å². The molecule has 3 rings (SSSR count). The third kappa shape index (κ3) is 3.10. The van der Waals surface area contributed by atoms with Crippen molar-refractivity contribution < 1.29 is 9.53 Å². The van der Waals surface area contributed by atoms with Crippen LogP contribution in [-0.2, 0) is 16.1 Å². The highest BCUT2D eigenvalue weighted by Gasteiger charge is 2.32. The Morgan fingerprint density at radius 2 is 2.10 bits per heavy atom. The number of benzene rings is 1. The smallest absolute Gasteiger partial charge is 0.337 e. The van der Waals surface area contributed by atoms with Crippen molar-refractivity contribution in [3.8, 4) is 0 Å². The average Bonchev–Trinajstić information content (AvgIpc) is 2.96. The van der Waals surface area contributed by atoms with Crippen LogP contribution in [0.3, 0.4) is 0 Å². The molecule has 1 fully saturated rings. The van der Waals surface area contributed by atoms with Crippen LogP contribution in [-0.4, -0.2) is 42.1 Å². The molecule has 4 heteroatoms. The number of carbonyl (C=O) groups excluding carboxylic acids is 1. The van der Waals surface area contributed by atoms with Crippen LogP contribution in [0.2, 0.25) is 0 Å². The minimum atomic E-state index is -0.142. The Morgan fingerprint density at radius 3 is 2.86 bits per heavy atom. The number of carbonyl (C=O) groups is 1. The van der Waals surface area contributed by atoms with E-state index in [0.29, 0.717) is 13.2 Å². The average molecular weight is 286 g/mol. The fourth-order valence-corrected chi connectivity index (χ4v) is 3.18. The molecular formula is C17H22N2O2. The molecule has 0 radical (unpaired) electrons. The molecule has 0 N–H and O–H groups in total. The van der Waals surface area contributed by atoms with E-state index in [9.17, 15) is 4.79 Å². The van der Waals surface area contributed by atoms with Crippen LogP contribution in [0.25, 0.3) is 0 Å². The van der Waals surface area contributed by atoms with Crippen LogP contribution in [0, 0.1) is 0 Å². The largest absolute Gasteiger partial charge is 0.463 e. The Bertz CT molecular complexity index is 539. The minimum Gasteiger partial charge on any atom is -0.463 e. The molecule has 1 aromatic rings. The number of hydrogen-bond donors (Lipinski definition) is 0. The molecule has 1 aromatic carbocycles. The summed E-state index contributed by atoms with van der Waals surface area (Å²) in [5.74, 6) is -0.142. The normalized spacial score (nSPS) is 18.8. The molecule has 2 aliphatic heterocycles. The summed E-state index contributed by atoms with van der Waals surface area (Å²) < 4.78 is 5.24. The maximum absolute atomic E-state index is 12.2. The third-order valence-corrected chi connectivity index (χ3v) is 4.09. The van der Waals surface area contributed by atoms with Gasteiger partial charge in [-0.2, -0.15) is 0 Å². The first-order valence-electron chi connectivity index (χ1n) is 7.68. The van der Waals surface area contributed by atoms with Gasteiger partial charge in [-0.1, -0.05) is 30.3 Å². The maximum Gasteiger partial charge on any atom is 0.337 e. The molecule has 112 valence electrons. The van der Waals surface area contributed by atoms with E-state index in [1.807, 2.05) is 13.0 Å². The number of rotatable bonds is 4. The van der Waals surface area contributed by atoms with Crippen molar-refractivity contribution in [3.05, 3.63) is 47.2 Å². The van der Waals surface area contributed by atoms with Crippen molar-refractivity contribution in [3.63, 3.8) is 0 Å². The lowest BCUT2D eigenvalue weighted by Crippen LogP contribution is -2.43. The van der Waals surface area contributed by atoms with Crippen LogP contribution in [0.4, 0.5) is 0 Å². The fraction of sp³-hybridized carbons (Fsp3) is 0.471. The maximum atomic E-state index is 12.2. The van der Waals surface area contributed by atoms with E-state index in [2.05, 4.69) is 34.1 Å². The van der Waals surface area contributed by atoms with Gasteiger partial charge in [0.25, 0.3) is 0 Å². The molecule has 0 aromatic heterocycles. The van der Waals surface area contributed by atoms with Gasteiger partial charge in [-0.3, -0.25) is 4.90 Å². The second-order valence-corrected chi connectivity index (χ2v) is 5.63. The first-order valence-corrected chi connectivity index (χ1v) is 7.68. The highest BCUT2D eigenvalue weighted by molar-refractivity contribution is 5.90. The van der Waals surface area contributed by atoms with Crippen molar-refractivity contribution in [1.82, 2.24) is 9.80 Å². The van der Waals surface area contributed by atoms with Gasteiger partial charge in [0.1, 0.15) is 0 Å². The molecule has 1 saturated heterocycles. The number of fused-ring (bicyclic) bond motifs is 1. The predicted octanol–water partition coefficient (Wildman–Crippen LogP) is 2.37. The molecule has 0 amide bonds. The van der Waals surface area contributed by atoms with Gasteiger partial charge in [0.05, 0.1) is 18.8 Å². The first kappa shape index (κ1) is 14.1. The van der Waals surface area contributed by atoms with Gasteiger partial charge in [-0.15, -0.1) is 0 Å². The van der Waals surface area contributed by atoms with Gasteiger partial charge in [-0.05, 0) is 25.3 Å². The van der Waals surface area contributed by atoms with E-state index in [-0.39, 0.29) is 5.97 Å². The van der Waals surface area contributed by atoms with Gasteiger partial charge < -0.3 is 9.64 Å². The van der Waals surface area contributed by atoms with Crippen molar-refractivity contribution in [1.29, 1.82) is 0 Å². The molecule has 0 bridgehead atoms. The lowest BCUT2D eigenvalue weighted by Gasteiger charge is -2.36. The molecule has 4 nitrogen and oxygen atoms in total. The van der Waals surface area contributed by atoms with Gasteiger partial charge >= 0.3 is 5.97 Å². The van der Waals surface area contributed by atoms with Crippen molar-refractivity contribution in [2.24, 2.45) is 0 Å². The summed E-state index contributed by atoms with van der Waals surface area (Å²) in [4.78, 5) is 16.9. The zero-order chi connectivity index (χ0) is 14.7. The summed E-state index contributed by atoms with van der Waals surface area (Å²) in [6.07, 6.45) is 2.14. The molecule has 0 saturated carbocycles. The Kier molecular flexibility index (Phi) is 4.25. The molecule has 2 aliphatic rings. The van der Waals surface area contributed by atoms with E-state index >= 15 is 0 Å². The summed E-state index contributed by atoms with van der Waals surface area (Å²) in [7, 11) is 0. The molecule has 0 spiro atoms. The zero-order valence-electron chi connectivity index (χ0n) is 12.5. The third-order valence-electron chi connectivity index (χ3n) is 4.09. The number of esters is 1. The molecule has 2 heterocycles. The number of allylic oxidation sites excluding steroid dienone is 1. The summed E-state index contributed by atoms with van der Waals surface area (Å²) in [5.41, 5.74) is 3.35. The van der Waals surface area contributed by atoms with Crippen LogP contribution < -0.4 is 0 Å². The van der Waals surface area contributed by atoms with Gasteiger partial charge in [0.2, 0.25) is 0 Å². The quantitative estimate of drug-likeness (QED) is 0.796. The SMILES string of the molecule is CCOC(=O)C1=C2CCCN2CN(Cc2ccccc2)C1. The first-order chi connectivity index (χ1) is 10.3.